The van der Waals surface area contributed by atoms with Gasteiger partial charge in [0.25, 0.3) is 0 Å². The SMILES string of the molecule is Cc1cccc(C[C@@H](O)C=C[C@@H]2[C@@H]3[C@H](C[C@H]2O)OC(=CCCCC(=O)O)C3(F)F)c1. The third kappa shape index (κ3) is 5.08. The maximum atomic E-state index is 15.0. The van der Waals surface area contributed by atoms with Crippen molar-refractivity contribution in [3.8, 4) is 0 Å². The van der Waals surface area contributed by atoms with Crippen molar-refractivity contribution in [1.82, 2.24) is 0 Å². The van der Waals surface area contributed by atoms with Crippen molar-refractivity contribution in [2.24, 2.45) is 11.8 Å². The fraction of sp³-hybridized carbons (Fsp3) is 0.522. The van der Waals surface area contributed by atoms with Gasteiger partial charge in [-0.1, -0.05) is 42.0 Å². The quantitative estimate of drug-likeness (QED) is 0.440. The third-order valence-corrected chi connectivity index (χ3v) is 5.77. The maximum Gasteiger partial charge on any atom is 0.310 e. The molecule has 1 aromatic carbocycles. The van der Waals surface area contributed by atoms with Gasteiger partial charge in [-0.3, -0.25) is 4.79 Å². The van der Waals surface area contributed by atoms with Crippen LogP contribution >= 0.6 is 0 Å². The lowest BCUT2D eigenvalue weighted by Crippen LogP contribution is -2.33. The maximum absolute atomic E-state index is 15.0. The predicted molar refractivity (Wildman–Crippen MR) is 107 cm³/mol. The monoisotopic (exact) mass is 422 g/mol. The molecule has 30 heavy (non-hydrogen) atoms. The highest BCUT2D eigenvalue weighted by Gasteiger charge is 2.63. The van der Waals surface area contributed by atoms with E-state index < -0.39 is 47.8 Å². The van der Waals surface area contributed by atoms with Crippen LogP contribution < -0.4 is 0 Å². The summed E-state index contributed by atoms with van der Waals surface area (Å²) in [7, 11) is 0. The standard InChI is InChI=1S/C23H28F2O5/c1-14-5-4-6-15(11-14)12-16(26)9-10-17-18(27)13-19-22(17)23(24,25)20(30-19)7-2-3-8-21(28)29/h4-7,9-11,16-19,22,26-27H,2-3,8,12-13H2,1H3,(H,28,29)/t16-,17-,18+,19-,22+/m0/s1. The second-order valence-electron chi connectivity index (χ2n) is 8.19. The fourth-order valence-corrected chi connectivity index (χ4v) is 4.36. The lowest BCUT2D eigenvalue weighted by Gasteiger charge is -2.22. The largest absolute Gasteiger partial charge is 0.488 e. The molecule has 0 amide bonds. The van der Waals surface area contributed by atoms with Crippen LogP contribution in [0.3, 0.4) is 0 Å². The number of carboxylic acids is 1. The summed E-state index contributed by atoms with van der Waals surface area (Å²) < 4.78 is 35.4. The smallest absolute Gasteiger partial charge is 0.310 e. The Labute approximate surface area is 174 Å². The molecule has 1 aliphatic carbocycles. The number of aliphatic hydroxyl groups is 2. The Hall–Kier alpha value is -2.25. The minimum Gasteiger partial charge on any atom is -0.488 e. The van der Waals surface area contributed by atoms with Gasteiger partial charge in [0, 0.05) is 25.2 Å². The van der Waals surface area contributed by atoms with Gasteiger partial charge >= 0.3 is 11.9 Å². The van der Waals surface area contributed by atoms with Crippen LogP contribution in [-0.2, 0) is 16.0 Å². The Morgan fingerprint density at radius 3 is 2.87 bits per heavy atom. The van der Waals surface area contributed by atoms with Gasteiger partial charge in [0.1, 0.15) is 6.10 Å². The minimum absolute atomic E-state index is 0.0922. The number of alkyl halides is 2. The highest BCUT2D eigenvalue weighted by Crippen LogP contribution is 2.54. The van der Waals surface area contributed by atoms with Crippen molar-refractivity contribution in [2.45, 2.75) is 63.3 Å². The van der Waals surface area contributed by atoms with E-state index in [4.69, 9.17) is 9.84 Å². The summed E-state index contributed by atoms with van der Waals surface area (Å²) in [4.78, 5) is 10.6. The van der Waals surface area contributed by atoms with Crippen LogP contribution in [0.5, 0.6) is 0 Å². The van der Waals surface area contributed by atoms with E-state index in [1.807, 2.05) is 31.2 Å². The molecule has 1 saturated heterocycles. The number of benzene rings is 1. The van der Waals surface area contributed by atoms with E-state index in [2.05, 4.69) is 0 Å². The predicted octanol–water partition coefficient (Wildman–Crippen LogP) is 3.62. The Balaban J connectivity index is 1.66. The number of hydrogen-bond acceptors (Lipinski definition) is 4. The molecule has 5 atom stereocenters. The number of aryl methyl sites for hydroxylation is 1. The first-order valence-electron chi connectivity index (χ1n) is 10.3. The average Bonchev–Trinajstić information content (AvgIpc) is 3.09. The van der Waals surface area contributed by atoms with Gasteiger partial charge in [-0.15, -0.1) is 0 Å². The minimum atomic E-state index is -3.25. The number of halogens is 2. The molecule has 2 fully saturated rings. The molecule has 1 heterocycles. The number of unbranched alkanes of at least 4 members (excludes halogenated alkanes) is 1. The van der Waals surface area contributed by atoms with E-state index >= 15 is 0 Å². The number of ether oxygens (including phenoxy) is 1. The summed E-state index contributed by atoms with van der Waals surface area (Å²) >= 11 is 0. The van der Waals surface area contributed by atoms with Crippen LogP contribution in [0, 0.1) is 18.8 Å². The van der Waals surface area contributed by atoms with Gasteiger partial charge in [-0.05, 0) is 31.4 Å². The molecule has 0 spiro atoms. The number of allylic oxidation sites excluding steroid dienone is 2. The second-order valence-corrected chi connectivity index (χ2v) is 8.19. The Morgan fingerprint density at radius 1 is 1.40 bits per heavy atom. The normalized spacial score (nSPS) is 29.8. The van der Waals surface area contributed by atoms with Crippen LogP contribution in [0.1, 0.15) is 36.8 Å². The molecule has 0 bridgehead atoms. The topological polar surface area (TPSA) is 87.0 Å². The molecule has 3 rings (SSSR count). The summed E-state index contributed by atoms with van der Waals surface area (Å²) in [5, 5.41) is 29.3. The summed E-state index contributed by atoms with van der Waals surface area (Å²) in [5.41, 5.74) is 2.02. The number of carboxylic acid groups (broad SMARTS) is 1. The van der Waals surface area contributed by atoms with Crippen LogP contribution in [-0.4, -0.2) is 45.5 Å². The van der Waals surface area contributed by atoms with Gasteiger partial charge < -0.3 is 20.1 Å². The first-order chi connectivity index (χ1) is 14.2. The van der Waals surface area contributed by atoms with Crippen molar-refractivity contribution in [3.05, 3.63) is 59.4 Å². The molecule has 1 aromatic rings. The Morgan fingerprint density at radius 2 is 2.17 bits per heavy atom. The Bertz CT molecular complexity index is 820. The second kappa shape index (κ2) is 9.27. The number of hydrogen-bond donors (Lipinski definition) is 3. The number of aliphatic hydroxyl groups excluding tert-OH is 2. The van der Waals surface area contributed by atoms with Crippen LogP contribution in [0.25, 0.3) is 0 Å². The zero-order chi connectivity index (χ0) is 21.9. The molecule has 5 nitrogen and oxygen atoms in total. The lowest BCUT2D eigenvalue weighted by molar-refractivity contribution is -0.137. The van der Waals surface area contributed by atoms with Crippen molar-refractivity contribution in [1.29, 1.82) is 0 Å². The molecule has 3 N–H and O–H groups in total. The molecule has 0 aromatic heterocycles. The molecular weight excluding hydrogens is 394 g/mol. The van der Waals surface area contributed by atoms with Gasteiger partial charge in [0.05, 0.1) is 18.1 Å². The first-order valence-corrected chi connectivity index (χ1v) is 10.3. The summed E-state index contributed by atoms with van der Waals surface area (Å²) in [5.74, 6) is -6.69. The van der Waals surface area contributed by atoms with E-state index in [1.165, 1.54) is 18.2 Å². The van der Waals surface area contributed by atoms with Gasteiger partial charge in [-0.2, -0.15) is 8.78 Å². The zero-order valence-corrected chi connectivity index (χ0v) is 16.9. The van der Waals surface area contributed by atoms with E-state index in [9.17, 15) is 23.8 Å². The third-order valence-electron chi connectivity index (χ3n) is 5.77. The molecular formula is C23H28F2O5. The molecule has 1 saturated carbocycles. The number of fused-ring (bicyclic) bond motifs is 1. The summed E-state index contributed by atoms with van der Waals surface area (Å²) in [6.07, 6.45) is 2.41. The van der Waals surface area contributed by atoms with Crippen LogP contribution in [0.15, 0.2) is 48.3 Å². The number of rotatable bonds is 8. The van der Waals surface area contributed by atoms with Crippen molar-refractivity contribution < 1.29 is 33.6 Å². The first kappa shape index (κ1) is 22.4. The lowest BCUT2D eigenvalue weighted by atomic mass is 9.87. The molecule has 0 unspecified atom stereocenters. The fourth-order valence-electron chi connectivity index (χ4n) is 4.36. The van der Waals surface area contributed by atoms with Crippen LogP contribution in [0.2, 0.25) is 0 Å². The van der Waals surface area contributed by atoms with E-state index in [1.54, 1.807) is 0 Å². The van der Waals surface area contributed by atoms with E-state index in [0.29, 0.717) is 6.42 Å². The van der Waals surface area contributed by atoms with E-state index in [-0.39, 0.29) is 25.7 Å². The van der Waals surface area contributed by atoms with Crippen molar-refractivity contribution in [2.75, 3.05) is 0 Å². The average molecular weight is 422 g/mol. The van der Waals surface area contributed by atoms with Crippen molar-refractivity contribution in [3.63, 3.8) is 0 Å². The highest BCUT2D eigenvalue weighted by atomic mass is 19.3. The van der Waals surface area contributed by atoms with Crippen LogP contribution in [0.4, 0.5) is 8.78 Å². The number of aliphatic carboxylic acids is 1. The van der Waals surface area contributed by atoms with Gasteiger partial charge in [-0.25, -0.2) is 0 Å². The highest BCUT2D eigenvalue weighted by molar-refractivity contribution is 5.66. The zero-order valence-electron chi connectivity index (χ0n) is 16.9. The molecule has 7 heteroatoms. The number of carbonyl (C=O) groups is 1. The molecule has 0 radical (unpaired) electrons. The Kier molecular flexibility index (Phi) is 6.93. The summed E-state index contributed by atoms with van der Waals surface area (Å²) in [6.45, 7) is 1.95. The van der Waals surface area contributed by atoms with Gasteiger partial charge in [0.15, 0.2) is 5.76 Å². The van der Waals surface area contributed by atoms with E-state index in [0.717, 1.165) is 11.1 Å². The van der Waals surface area contributed by atoms with Crippen molar-refractivity contribution >= 4 is 5.97 Å². The molecule has 1 aliphatic heterocycles. The molecule has 164 valence electrons. The van der Waals surface area contributed by atoms with Gasteiger partial charge in [0.2, 0.25) is 0 Å². The molecule has 2 aliphatic rings. The summed E-state index contributed by atoms with van der Waals surface area (Å²) in [6, 6.07) is 7.70.